The highest BCUT2D eigenvalue weighted by molar-refractivity contribution is 6.36. The summed E-state index contributed by atoms with van der Waals surface area (Å²) in [4.78, 5) is 17.5. The van der Waals surface area contributed by atoms with Gasteiger partial charge in [-0.1, -0.05) is 48.0 Å². The molecule has 1 amide bonds. The number of halogens is 2. The van der Waals surface area contributed by atoms with E-state index in [2.05, 4.69) is 15.2 Å². The van der Waals surface area contributed by atoms with E-state index >= 15 is 0 Å². The standard InChI is InChI=1S/C22H23ClFN3O/c1-15(28)26-22(17-7-3-4-8-18(17)24)10-12-27(13-11-22)14-20-21(23)16-6-2-5-9-19(16)25-20/h2-9,25H,10-14H2,1H3,(H,26,28). The summed E-state index contributed by atoms with van der Waals surface area (Å²) < 4.78 is 14.5. The zero-order valence-corrected chi connectivity index (χ0v) is 16.5. The quantitative estimate of drug-likeness (QED) is 0.674. The zero-order chi connectivity index (χ0) is 19.7. The first-order chi connectivity index (χ1) is 13.5. The van der Waals surface area contributed by atoms with Gasteiger partial charge in [0.15, 0.2) is 0 Å². The Balaban J connectivity index is 1.54. The molecule has 0 unspecified atom stereocenters. The highest BCUT2D eigenvalue weighted by Crippen LogP contribution is 2.36. The summed E-state index contributed by atoms with van der Waals surface area (Å²) in [6.45, 7) is 3.65. The molecule has 0 atom stereocenters. The van der Waals surface area contributed by atoms with Crippen molar-refractivity contribution in [3.8, 4) is 0 Å². The number of benzene rings is 2. The molecule has 2 aromatic carbocycles. The van der Waals surface area contributed by atoms with Crippen molar-refractivity contribution in [1.29, 1.82) is 0 Å². The number of rotatable bonds is 4. The number of para-hydroxylation sites is 1. The highest BCUT2D eigenvalue weighted by atomic mass is 35.5. The lowest BCUT2D eigenvalue weighted by Gasteiger charge is -2.42. The maximum absolute atomic E-state index is 14.5. The average Bonchev–Trinajstić information content (AvgIpc) is 2.99. The topological polar surface area (TPSA) is 48.1 Å². The van der Waals surface area contributed by atoms with Gasteiger partial charge in [0.25, 0.3) is 0 Å². The van der Waals surface area contributed by atoms with Crippen LogP contribution in [0.15, 0.2) is 48.5 Å². The molecular weight excluding hydrogens is 377 g/mol. The van der Waals surface area contributed by atoms with E-state index in [9.17, 15) is 9.18 Å². The Labute approximate surface area is 168 Å². The Bertz CT molecular complexity index is 1010. The minimum atomic E-state index is -0.669. The Morgan fingerprint density at radius 2 is 1.86 bits per heavy atom. The number of likely N-dealkylation sites (tertiary alicyclic amines) is 1. The molecule has 4 nitrogen and oxygen atoms in total. The second kappa shape index (κ2) is 7.57. The van der Waals surface area contributed by atoms with Gasteiger partial charge in [0.05, 0.1) is 10.6 Å². The van der Waals surface area contributed by atoms with Crippen molar-refractivity contribution in [2.24, 2.45) is 0 Å². The summed E-state index contributed by atoms with van der Waals surface area (Å²) in [7, 11) is 0. The van der Waals surface area contributed by atoms with Crippen molar-refractivity contribution in [2.45, 2.75) is 31.8 Å². The number of aromatic amines is 1. The number of amides is 1. The molecule has 28 heavy (non-hydrogen) atoms. The summed E-state index contributed by atoms with van der Waals surface area (Å²) >= 11 is 6.55. The lowest BCUT2D eigenvalue weighted by molar-refractivity contribution is -0.121. The molecule has 2 heterocycles. The Hall–Kier alpha value is -2.37. The number of carbonyl (C=O) groups excluding carboxylic acids is 1. The van der Waals surface area contributed by atoms with Gasteiger partial charge in [0.2, 0.25) is 5.91 Å². The first-order valence-corrected chi connectivity index (χ1v) is 9.87. The number of piperidine rings is 1. The fourth-order valence-corrected chi connectivity index (χ4v) is 4.51. The van der Waals surface area contributed by atoms with Crippen LogP contribution in [0.4, 0.5) is 4.39 Å². The van der Waals surface area contributed by atoms with Gasteiger partial charge in [-0.25, -0.2) is 4.39 Å². The van der Waals surface area contributed by atoms with Crippen LogP contribution in [0.25, 0.3) is 10.9 Å². The number of nitrogens with zero attached hydrogens (tertiary/aromatic N) is 1. The maximum atomic E-state index is 14.5. The monoisotopic (exact) mass is 399 g/mol. The van der Waals surface area contributed by atoms with Crippen LogP contribution in [0.2, 0.25) is 5.02 Å². The number of hydrogen-bond acceptors (Lipinski definition) is 2. The van der Waals surface area contributed by atoms with Gasteiger partial charge >= 0.3 is 0 Å². The molecule has 0 radical (unpaired) electrons. The highest BCUT2D eigenvalue weighted by Gasteiger charge is 2.38. The molecule has 146 valence electrons. The van der Waals surface area contributed by atoms with Crippen molar-refractivity contribution < 1.29 is 9.18 Å². The Morgan fingerprint density at radius 3 is 2.54 bits per heavy atom. The fraction of sp³-hybridized carbons (Fsp3) is 0.318. The average molecular weight is 400 g/mol. The fourth-order valence-electron chi connectivity index (χ4n) is 4.24. The molecule has 1 aliphatic rings. The second-order valence-electron chi connectivity index (χ2n) is 7.48. The second-order valence-corrected chi connectivity index (χ2v) is 7.86. The zero-order valence-electron chi connectivity index (χ0n) is 15.8. The lowest BCUT2D eigenvalue weighted by atomic mass is 9.80. The van der Waals surface area contributed by atoms with Gasteiger partial charge in [0, 0.05) is 48.7 Å². The van der Waals surface area contributed by atoms with Crippen LogP contribution in [-0.2, 0) is 16.9 Å². The van der Waals surface area contributed by atoms with E-state index < -0.39 is 5.54 Å². The van der Waals surface area contributed by atoms with E-state index in [1.54, 1.807) is 12.1 Å². The molecule has 2 N–H and O–H groups in total. The minimum Gasteiger partial charge on any atom is -0.356 e. The Kier molecular flexibility index (Phi) is 5.13. The predicted octanol–water partition coefficient (Wildman–Crippen LogP) is 4.59. The molecule has 0 aliphatic carbocycles. The summed E-state index contributed by atoms with van der Waals surface area (Å²) in [5.41, 5.74) is 1.91. The number of aromatic nitrogens is 1. The molecule has 6 heteroatoms. The molecule has 1 aliphatic heterocycles. The largest absolute Gasteiger partial charge is 0.356 e. The first kappa shape index (κ1) is 19.0. The summed E-state index contributed by atoms with van der Waals surface area (Å²) in [6, 6.07) is 14.7. The van der Waals surface area contributed by atoms with E-state index in [1.165, 1.54) is 13.0 Å². The molecule has 4 rings (SSSR count). The van der Waals surface area contributed by atoms with E-state index in [4.69, 9.17) is 11.6 Å². The van der Waals surface area contributed by atoms with Crippen LogP contribution >= 0.6 is 11.6 Å². The van der Waals surface area contributed by atoms with Gasteiger partial charge in [-0.15, -0.1) is 0 Å². The molecule has 1 fully saturated rings. The molecule has 1 aromatic heterocycles. The third-order valence-corrected chi connectivity index (χ3v) is 6.04. The summed E-state index contributed by atoms with van der Waals surface area (Å²) in [5.74, 6) is -0.418. The maximum Gasteiger partial charge on any atom is 0.217 e. The van der Waals surface area contributed by atoms with Crippen molar-refractivity contribution in [1.82, 2.24) is 15.2 Å². The van der Waals surface area contributed by atoms with Gasteiger partial charge < -0.3 is 10.3 Å². The van der Waals surface area contributed by atoms with Gasteiger partial charge in [-0.2, -0.15) is 0 Å². The molecule has 0 bridgehead atoms. The first-order valence-electron chi connectivity index (χ1n) is 9.50. The third-order valence-electron chi connectivity index (χ3n) is 5.61. The van der Waals surface area contributed by atoms with E-state index in [0.29, 0.717) is 24.9 Å². The van der Waals surface area contributed by atoms with Crippen molar-refractivity contribution in [3.05, 3.63) is 70.6 Å². The van der Waals surface area contributed by atoms with Gasteiger partial charge in [0.1, 0.15) is 5.82 Å². The van der Waals surface area contributed by atoms with Crippen LogP contribution in [-0.4, -0.2) is 28.9 Å². The van der Waals surface area contributed by atoms with E-state index in [0.717, 1.165) is 34.7 Å². The smallest absolute Gasteiger partial charge is 0.217 e. The number of carbonyl (C=O) groups is 1. The number of H-pyrrole nitrogens is 1. The lowest BCUT2D eigenvalue weighted by Crippen LogP contribution is -2.52. The van der Waals surface area contributed by atoms with E-state index in [-0.39, 0.29) is 11.7 Å². The van der Waals surface area contributed by atoms with Gasteiger partial charge in [-0.3, -0.25) is 9.69 Å². The van der Waals surface area contributed by atoms with Crippen LogP contribution < -0.4 is 5.32 Å². The normalized spacial score (nSPS) is 17.0. The molecule has 3 aromatic rings. The summed E-state index contributed by atoms with van der Waals surface area (Å²) in [6.07, 6.45) is 1.29. The van der Waals surface area contributed by atoms with Crippen LogP contribution in [0, 0.1) is 5.82 Å². The number of fused-ring (bicyclic) bond motifs is 1. The molecular formula is C22H23ClFN3O. The predicted molar refractivity (Wildman–Crippen MR) is 110 cm³/mol. The third kappa shape index (κ3) is 3.52. The van der Waals surface area contributed by atoms with Crippen LogP contribution in [0.5, 0.6) is 0 Å². The molecule has 0 spiro atoms. The summed E-state index contributed by atoms with van der Waals surface area (Å²) in [5, 5.41) is 4.81. The SMILES string of the molecule is CC(=O)NC1(c2ccccc2F)CCN(Cc2[nH]c3ccccc3c2Cl)CC1. The van der Waals surface area contributed by atoms with Crippen LogP contribution in [0.3, 0.4) is 0 Å². The Morgan fingerprint density at radius 1 is 1.18 bits per heavy atom. The van der Waals surface area contributed by atoms with Crippen molar-refractivity contribution >= 4 is 28.4 Å². The number of hydrogen-bond donors (Lipinski definition) is 2. The van der Waals surface area contributed by atoms with Crippen molar-refractivity contribution in [3.63, 3.8) is 0 Å². The van der Waals surface area contributed by atoms with Crippen LogP contribution in [0.1, 0.15) is 31.0 Å². The minimum absolute atomic E-state index is 0.143. The molecule has 0 saturated carbocycles. The number of nitrogens with one attached hydrogen (secondary N) is 2. The van der Waals surface area contributed by atoms with Crippen molar-refractivity contribution in [2.75, 3.05) is 13.1 Å². The van der Waals surface area contributed by atoms with E-state index in [1.807, 2.05) is 30.3 Å². The molecule has 1 saturated heterocycles. The van der Waals surface area contributed by atoms with Gasteiger partial charge in [-0.05, 0) is 25.0 Å².